The first-order chi connectivity index (χ1) is 13.0. The molecule has 3 aromatic rings. The fraction of sp³-hybridized carbons (Fsp3) is 0.412. The molecule has 2 atom stereocenters. The minimum Gasteiger partial charge on any atom is -0.354 e. The fourth-order valence-corrected chi connectivity index (χ4v) is 4.05. The molecule has 2 aliphatic heterocycles. The second-order valence-corrected chi connectivity index (χ2v) is 6.94. The van der Waals surface area contributed by atoms with Crippen LogP contribution in [0.2, 0.25) is 0 Å². The third kappa shape index (κ3) is 2.75. The molecule has 2 unspecified atom stereocenters. The van der Waals surface area contributed by atoms with E-state index >= 15 is 0 Å². The standard InChI is InChI=1S/C17H16F3N7/c18-17(19,20)12-1-2-14(21-7-12)25-8-11-5-6-26(13(11)9-25)16-4-3-15-23-22-10-27(15)24-16/h1-4,7,10-11,13H,5-6,8-9H2. The largest absolute Gasteiger partial charge is 0.417 e. The molecule has 2 aliphatic rings. The van der Waals surface area contributed by atoms with Crippen LogP contribution in [0.4, 0.5) is 24.8 Å². The number of pyridine rings is 1. The van der Waals surface area contributed by atoms with Crippen molar-refractivity contribution in [2.24, 2.45) is 5.92 Å². The van der Waals surface area contributed by atoms with Gasteiger partial charge in [-0.2, -0.15) is 17.7 Å². The number of nitrogens with zero attached hydrogens (tertiary/aromatic N) is 7. The van der Waals surface area contributed by atoms with Crippen molar-refractivity contribution < 1.29 is 13.2 Å². The molecule has 27 heavy (non-hydrogen) atoms. The molecule has 0 spiro atoms. The van der Waals surface area contributed by atoms with Crippen LogP contribution in [0.5, 0.6) is 0 Å². The summed E-state index contributed by atoms with van der Waals surface area (Å²) in [6.45, 7) is 2.41. The van der Waals surface area contributed by atoms with Crippen molar-refractivity contribution >= 4 is 17.3 Å². The molecule has 0 aromatic carbocycles. The summed E-state index contributed by atoms with van der Waals surface area (Å²) in [5, 5.41) is 12.4. The van der Waals surface area contributed by atoms with E-state index in [0.29, 0.717) is 23.9 Å². The summed E-state index contributed by atoms with van der Waals surface area (Å²) < 4.78 is 39.8. The summed E-state index contributed by atoms with van der Waals surface area (Å²) in [6.07, 6.45) is -0.873. The Bertz CT molecular complexity index is 969. The van der Waals surface area contributed by atoms with Gasteiger partial charge in [0.2, 0.25) is 0 Å². The van der Waals surface area contributed by atoms with Gasteiger partial charge in [0.05, 0.1) is 11.6 Å². The van der Waals surface area contributed by atoms with E-state index in [4.69, 9.17) is 0 Å². The van der Waals surface area contributed by atoms with Crippen LogP contribution < -0.4 is 9.80 Å². The van der Waals surface area contributed by atoms with Crippen molar-refractivity contribution in [3.8, 4) is 0 Å². The van der Waals surface area contributed by atoms with Crippen LogP contribution in [0, 0.1) is 5.92 Å². The molecule has 0 aliphatic carbocycles. The first-order valence-electron chi connectivity index (χ1n) is 8.71. The molecule has 3 aromatic heterocycles. The van der Waals surface area contributed by atoms with Gasteiger partial charge in [-0.1, -0.05) is 0 Å². The van der Waals surface area contributed by atoms with Gasteiger partial charge in [0.25, 0.3) is 0 Å². The minimum atomic E-state index is -4.36. The van der Waals surface area contributed by atoms with E-state index < -0.39 is 11.7 Å². The van der Waals surface area contributed by atoms with Gasteiger partial charge < -0.3 is 9.80 Å². The summed E-state index contributed by atoms with van der Waals surface area (Å²) in [6, 6.07) is 6.62. The molecule has 2 saturated heterocycles. The molecule has 7 nitrogen and oxygen atoms in total. The average molecular weight is 375 g/mol. The van der Waals surface area contributed by atoms with Crippen LogP contribution in [0.1, 0.15) is 12.0 Å². The average Bonchev–Trinajstić information content (AvgIpc) is 3.35. The maximum atomic E-state index is 12.7. The lowest BCUT2D eigenvalue weighted by atomic mass is 10.1. The third-order valence-electron chi connectivity index (χ3n) is 5.39. The predicted octanol–water partition coefficient (Wildman–Crippen LogP) is 2.25. The Labute approximate surface area is 152 Å². The third-order valence-corrected chi connectivity index (χ3v) is 5.39. The molecule has 0 N–H and O–H groups in total. The van der Waals surface area contributed by atoms with Gasteiger partial charge in [0.1, 0.15) is 18.0 Å². The van der Waals surface area contributed by atoms with Crippen molar-refractivity contribution in [2.45, 2.75) is 18.6 Å². The second-order valence-electron chi connectivity index (χ2n) is 6.94. The molecule has 5 heterocycles. The van der Waals surface area contributed by atoms with E-state index in [2.05, 4.69) is 30.1 Å². The fourth-order valence-electron chi connectivity index (χ4n) is 4.05. The van der Waals surface area contributed by atoms with E-state index in [0.717, 1.165) is 37.6 Å². The highest BCUT2D eigenvalue weighted by molar-refractivity contribution is 5.50. The zero-order chi connectivity index (χ0) is 18.6. The second kappa shape index (κ2) is 5.80. The van der Waals surface area contributed by atoms with Gasteiger partial charge in [0, 0.05) is 31.7 Å². The lowest BCUT2D eigenvalue weighted by Gasteiger charge is -2.26. The number of hydrogen-bond acceptors (Lipinski definition) is 6. The van der Waals surface area contributed by atoms with E-state index in [1.807, 2.05) is 12.1 Å². The highest BCUT2D eigenvalue weighted by atomic mass is 19.4. The van der Waals surface area contributed by atoms with E-state index in [1.54, 1.807) is 10.8 Å². The predicted molar refractivity (Wildman–Crippen MR) is 91.5 cm³/mol. The Morgan fingerprint density at radius 3 is 2.67 bits per heavy atom. The highest BCUT2D eigenvalue weighted by Gasteiger charge is 2.42. The summed E-state index contributed by atoms with van der Waals surface area (Å²) in [4.78, 5) is 8.35. The van der Waals surface area contributed by atoms with Crippen molar-refractivity contribution in [2.75, 3.05) is 29.4 Å². The summed E-state index contributed by atoms with van der Waals surface area (Å²) >= 11 is 0. The van der Waals surface area contributed by atoms with Crippen LogP contribution in [-0.2, 0) is 6.18 Å². The minimum absolute atomic E-state index is 0.260. The first kappa shape index (κ1) is 16.3. The molecule has 10 heteroatoms. The van der Waals surface area contributed by atoms with Gasteiger partial charge in [-0.3, -0.25) is 0 Å². The molecular weight excluding hydrogens is 359 g/mol. The maximum Gasteiger partial charge on any atom is 0.417 e. The molecule has 5 rings (SSSR count). The number of alkyl halides is 3. The van der Waals surface area contributed by atoms with Gasteiger partial charge in [0.15, 0.2) is 5.65 Å². The number of halogens is 3. The smallest absolute Gasteiger partial charge is 0.354 e. The van der Waals surface area contributed by atoms with E-state index in [1.165, 1.54) is 6.07 Å². The number of hydrogen-bond donors (Lipinski definition) is 0. The number of rotatable bonds is 2. The van der Waals surface area contributed by atoms with E-state index in [9.17, 15) is 13.2 Å². The van der Waals surface area contributed by atoms with Gasteiger partial charge in [-0.25, -0.2) is 4.98 Å². The van der Waals surface area contributed by atoms with E-state index in [-0.39, 0.29) is 6.04 Å². The quantitative estimate of drug-likeness (QED) is 0.685. The van der Waals surface area contributed by atoms with Gasteiger partial charge >= 0.3 is 6.18 Å². The maximum absolute atomic E-state index is 12.7. The number of anilines is 2. The topological polar surface area (TPSA) is 62.5 Å². The Kier molecular flexibility index (Phi) is 3.49. The SMILES string of the molecule is FC(F)(F)c1ccc(N2CC3CCN(c4ccc5nncn5n4)C3C2)nc1. The van der Waals surface area contributed by atoms with Crippen molar-refractivity contribution in [1.29, 1.82) is 0 Å². The summed E-state index contributed by atoms with van der Waals surface area (Å²) in [5.41, 5.74) is -0.0322. The van der Waals surface area contributed by atoms with Crippen LogP contribution in [0.15, 0.2) is 36.8 Å². The number of aromatic nitrogens is 5. The molecular formula is C17H16F3N7. The Hall–Kier alpha value is -2.91. The van der Waals surface area contributed by atoms with Crippen molar-refractivity contribution in [3.05, 3.63) is 42.4 Å². The van der Waals surface area contributed by atoms with Crippen molar-refractivity contribution in [1.82, 2.24) is 24.8 Å². The molecule has 2 fully saturated rings. The molecule has 140 valence electrons. The molecule has 0 bridgehead atoms. The van der Waals surface area contributed by atoms with Gasteiger partial charge in [-0.15, -0.1) is 15.3 Å². The van der Waals surface area contributed by atoms with Crippen LogP contribution in [-0.4, -0.2) is 50.5 Å². The molecule has 0 saturated carbocycles. The summed E-state index contributed by atoms with van der Waals surface area (Å²) in [5.74, 6) is 1.88. The molecule has 0 radical (unpaired) electrons. The lowest BCUT2D eigenvalue weighted by Crippen LogP contribution is -2.36. The Morgan fingerprint density at radius 2 is 1.89 bits per heavy atom. The van der Waals surface area contributed by atoms with Gasteiger partial charge in [-0.05, 0) is 30.7 Å². The Balaban J connectivity index is 1.36. The first-order valence-corrected chi connectivity index (χ1v) is 8.71. The zero-order valence-corrected chi connectivity index (χ0v) is 14.2. The lowest BCUT2D eigenvalue weighted by molar-refractivity contribution is -0.137. The molecule has 0 amide bonds. The van der Waals surface area contributed by atoms with Crippen LogP contribution in [0.25, 0.3) is 5.65 Å². The highest BCUT2D eigenvalue weighted by Crippen LogP contribution is 2.36. The monoisotopic (exact) mass is 375 g/mol. The number of fused-ring (bicyclic) bond motifs is 2. The van der Waals surface area contributed by atoms with Crippen molar-refractivity contribution in [3.63, 3.8) is 0 Å². The Morgan fingerprint density at radius 1 is 1.04 bits per heavy atom. The normalized spacial score (nSPS) is 22.6. The zero-order valence-electron chi connectivity index (χ0n) is 14.2. The van der Waals surface area contributed by atoms with Crippen LogP contribution >= 0.6 is 0 Å². The van der Waals surface area contributed by atoms with Crippen LogP contribution in [0.3, 0.4) is 0 Å². The summed E-state index contributed by atoms with van der Waals surface area (Å²) in [7, 11) is 0.